The molecule has 3 nitrogen and oxygen atoms in total. The molecule has 0 radical (unpaired) electrons. The summed E-state index contributed by atoms with van der Waals surface area (Å²) in [5, 5.41) is 3.46. The Morgan fingerprint density at radius 1 is 1.33 bits per heavy atom. The standard InChI is InChI=1S/C18H28N2O/c1-13(2)15-7-5-10-18(11-9-15,17(19)21)20-16-8-4-6-14(3)12-16/h4,6,8,12-13,15,20H,5,7,9-11H2,1-3H3,(H2,19,21). The topological polar surface area (TPSA) is 55.1 Å². The number of nitrogens with two attached hydrogens (primary N) is 1. The molecule has 2 rings (SSSR count). The van der Waals surface area contributed by atoms with Gasteiger partial charge >= 0.3 is 0 Å². The molecular weight excluding hydrogens is 260 g/mol. The minimum absolute atomic E-state index is 0.214. The first-order chi connectivity index (χ1) is 9.93. The third-order valence-electron chi connectivity index (χ3n) is 4.94. The molecule has 1 saturated carbocycles. The third kappa shape index (κ3) is 3.78. The number of anilines is 1. The maximum atomic E-state index is 12.2. The van der Waals surface area contributed by atoms with Gasteiger partial charge in [-0.05, 0) is 55.7 Å². The highest BCUT2D eigenvalue weighted by Gasteiger charge is 2.38. The van der Waals surface area contributed by atoms with E-state index < -0.39 is 5.54 Å². The zero-order valence-corrected chi connectivity index (χ0v) is 13.5. The van der Waals surface area contributed by atoms with Crippen molar-refractivity contribution in [3.63, 3.8) is 0 Å². The van der Waals surface area contributed by atoms with Crippen LogP contribution in [-0.2, 0) is 4.79 Å². The summed E-state index contributed by atoms with van der Waals surface area (Å²) < 4.78 is 0. The van der Waals surface area contributed by atoms with Crippen molar-refractivity contribution in [3.8, 4) is 0 Å². The van der Waals surface area contributed by atoms with E-state index in [1.807, 2.05) is 12.1 Å². The Hall–Kier alpha value is -1.51. The van der Waals surface area contributed by atoms with Crippen molar-refractivity contribution >= 4 is 11.6 Å². The van der Waals surface area contributed by atoms with Crippen LogP contribution >= 0.6 is 0 Å². The van der Waals surface area contributed by atoms with Crippen LogP contribution in [0.1, 0.15) is 51.5 Å². The summed E-state index contributed by atoms with van der Waals surface area (Å²) >= 11 is 0. The van der Waals surface area contributed by atoms with Crippen molar-refractivity contribution in [2.45, 2.75) is 58.4 Å². The van der Waals surface area contributed by atoms with E-state index >= 15 is 0 Å². The van der Waals surface area contributed by atoms with Gasteiger partial charge in [0.15, 0.2) is 0 Å². The molecule has 1 aromatic carbocycles. The number of hydrogen-bond acceptors (Lipinski definition) is 2. The van der Waals surface area contributed by atoms with E-state index in [-0.39, 0.29) is 5.91 Å². The maximum absolute atomic E-state index is 12.2. The lowest BCUT2D eigenvalue weighted by Gasteiger charge is -2.32. The van der Waals surface area contributed by atoms with Crippen LogP contribution in [0.3, 0.4) is 0 Å². The van der Waals surface area contributed by atoms with E-state index in [0.717, 1.165) is 31.4 Å². The highest BCUT2D eigenvalue weighted by molar-refractivity contribution is 5.88. The molecule has 3 heteroatoms. The molecular formula is C18H28N2O. The molecule has 0 heterocycles. The summed E-state index contributed by atoms with van der Waals surface area (Å²) in [5.41, 5.74) is 7.38. The minimum Gasteiger partial charge on any atom is -0.371 e. The number of hydrogen-bond donors (Lipinski definition) is 2. The van der Waals surface area contributed by atoms with Crippen LogP contribution in [0.2, 0.25) is 0 Å². The Bertz CT molecular complexity index is 498. The van der Waals surface area contributed by atoms with Gasteiger partial charge in [-0.3, -0.25) is 4.79 Å². The van der Waals surface area contributed by atoms with Crippen LogP contribution in [0.25, 0.3) is 0 Å². The molecule has 1 fully saturated rings. The van der Waals surface area contributed by atoms with Gasteiger partial charge in [-0.2, -0.15) is 0 Å². The molecule has 0 spiro atoms. The van der Waals surface area contributed by atoms with Crippen LogP contribution in [0, 0.1) is 18.8 Å². The lowest BCUT2D eigenvalue weighted by atomic mass is 9.86. The summed E-state index contributed by atoms with van der Waals surface area (Å²) in [6.07, 6.45) is 4.99. The quantitative estimate of drug-likeness (QED) is 0.826. The van der Waals surface area contributed by atoms with E-state index in [1.54, 1.807) is 0 Å². The minimum atomic E-state index is -0.586. The summed E-state index contributed by atoms with van der Waals surface area (Å²) in [7, 11) is 0. The van der Waals surface area contributed by atoms with Gasteiger partial charge in [0.25, 0.3) is 0 Å². The normalized spacial score (nSPS) is 26.4. The Morgan fingerprint density at radius 3 is 2.71 bits per heavy atom. The second-order valence-electron chi connectivity index (χ2n) is 6.88. The Labute approximate surface area is 128 Å². The van der Waals surface area contributed by atoms with Crippen LogP contribution in [0.5, 0.6) is 0 Å². The molecule has 2 unspecified atom stereocenters. The van der Waals surface area contributed by atoms with Gasteiger partial charge in [-0.25, -0.2) is 0 Å². The lowest BCUT2D eigenvalue weighted by Crippen LogP contribution is -2.50. The summed E-state index contributed by atoms with van der Waals surface area (Å²) in [6, 6.07) is 8.17. The van der Waals surface area contributed by atoms with Crippen molar-refractivity contribution in [2.75, 3.05) is 5.32 Å². The van der Waals surface area contributed by atoms with E-state index in [1.165, 1.54) is 12.0 Å². The zero-order chi connectivity index (χ0) is 15.5. The maximum Gasteiger partial charge on any atom is 0.243 e. The van der Waals surface area contributed by atoms with Crippen molar-refractivity contribution in [1.29, 1.82) is 0 Å². The summed E-state index contributed by atoms with van der Waals surface area (Å²) in [5.74, 6) is 1.16. The summed E-state index contributed by atoms with van der Waals surface area (Å²) in [4.78, 5) is 12.2. The smallest absolute Gasteiger partial charge is 0.243 e. The van der Waals surface area contributed by atoms with Crippen LogP contribution in [0.15, 0.2) is 24.3 Å². The second kappa shape index (κ2) is 6.50. The van der Waals surface area contributed by atoms with Crippen molar-refractivity contribution in [1.82, 2.24) is 0 Å². The number of rotatable bonds is 4. The first-order valence-electron chi connectivity index (χ1n) is 8.08. The van der Waals surface area contributed by atoms with Crippen LogP contribution in [0.4, 0.5) is 5.69 Å². The molecule has 0 saturated heterocycles. The fraction of sp³-hybridized carbons (Fsp3) is 0.611. The van der Waals surface area contributed by atoms with Gasteiger partial charge in [0, 0.05) is 5.69 Å². The molecule has 0 bridgehead atoms. The number of aryl methyl sites for hydroxylation is 1. The largest absolute Gasteiger partial charge is 0.371 e. The fourth-order valence-electron chi connectivity index (χ4n) is 3.47. The van der Waals surface area contributed by atoms with E-state index in [0.29, 0.717) is 11.8 Å². The second-order valence-corrected chi connectivity index (χ2v) is 6.88. The Morgan fingerprint density at radius 2 is 2.10 bits per heavy atom. The SMILES string of the molecule is Cc1cccc(NC2(C(N)=O)CCCC(C(C)C)CC2)c1. The highest BCUT2D eigenvalue weighted by Crippen LogP contribution is 2.36. The molecule has 0 aromatic heterocycles. The van der Waals surface area contributed by atoms with Gasteiger partial charge in [-0.15, -0.1) is 0 Å². The molecule has 1 aromatic rings. The molecule has 3 N–H and O–H groups in total. The average Bonchev–Trinajstić information content (AvgIpc) is 2.62. The zero-order valence-electron chi connectivity index (χ0n) is 13.5. The fourth-order valence-corrected chi connectivity index (χ4v) is 3.47. The molecule has 0 aliphatic heterocycles. The number of benzene rings is 1. The number of carbonyl (C=O) groups excluding carboxylic acids is 1. The van der Waals surface area contributed by atoms with Gasteiger partial charge in [0.05, 0.1) is 0 Å². The monoisotopic (exact) mass is 288 g/mol. The number of amides is 1. The van der Waals surface area contributed by atoms with E-state index in [4.69, 9.17) is 5.73 Å². The molecule has 1 aliphatic rings. The molecule has 1 aliphatic carbocycles. The van der Waals surface area contributed by atoms with Gasteiger partial charge in [0.2, 0.25) is 5.91 Å². The molecule has 21 heavy (non-hydrogen) atoms. The van der Waals surface area contributed by atoms with Crippen molar-refractivity contribution in [3.05, 3.63) is 29.8 Å². The highest BCUT2D eigenvalue weighted by atomic mass is 16.1. The Kier molecular flexibility index (Phi) is 4.92. The van der Waals surface area contributed by atoms with Crippen LogP contribution < -0.4 is 11.1 Å². The predicted octanol–water partition coefficient (Wildman–Crippen LogP) is 3.87. The molecule has 1 amide bonds. The molecule has 2 atom stereocenters. The number of primary amides is 1. The van der Waals surface area contributed by atoms with Crippen molar-refractivity contribution in [2.24, 2.45) is 17.6 Å². The van der Waals surface area contributed by atoms with Gasteiger partial charge < -0.3 is 11.1 Å². The number of nitrogens with one attached hydrogen (secondary N) is 1. The van der Waals surface area contributed by atoms with E-state index in [2.05, 4.69) is 38.2 Å². The predicted molar refractivity (Wildman–Crippen MR) is 88.1 cm³/mol. The third-order valence-corrected chi connectivity index (χ3v) is 4.94. The van der Waals surface area contributed by atoms with Crippen LogP contribution in [-0.4, -0.2) is 11.4 Å². The van der Waals surface area contributed by atoms with Crippen molar-refractivity contribution < 1.29 is 4.79 Å². The number of carbonyl (C=O) groups is 1. The molecule has 116 valence electrons. The summed E-state index contributed by atoms with van der Waals surface area (Å²) in [6.45, 7) is 6.61. The lowest BCUT2D eigenvalue weighted by molar-refractivity contribution is -0.122. The van der Waals surface area contributed by atoms with Gasteiger partial charge in [0.1, 0.15) is 5.54 Å². The van der Waals surface area contributed by atoms with E-state index in [9.17, 15) is 4.79 Å². The first-order valence-corrected chi connectivity index (χ1v) is 8.08. The first kappa shape index (κ1) is 15.9. The van der Waals surface area contributed by atoms with Gasteiger partial charge in [-0.1, -0.05) is 38.8 Å². The average molecular weight is 288 g/mol. The Balaban J connectivity index is 2.19.